The van der Waals surface area contributed by atoms with Crippen LogP contribution in [0.4, 0.5) is 0 Å². The van der Waals surface area contributed by atoms with Crippen LogP contribution in [-0.2, 0) is 11.2 Å². The number of thiazole rings is 1. The third-order valence-electron chi connectivity index (χ3n) is 3.72. The average Bonchev–Trinajstić information content (AvgIpc) is 3.27. The number of likely N-dealkylation sites (N-methyl/N-ethyl adjacent to an activating group) is 1. The summed E-state index contributed by atoms with van der Waals surface area (Å²) in [5.41, 5.74) is 1.40. The highest BCUT2D eigenvalue weighted by molar-refractivity contribution is 7.10. The molecule has 0 saturated carbocycles. The zero-order valence-corrected chi connectivity index (χ0v) is 15.1. The molecule has 128 valence electrons. The number of carboxylic acid groups (broad SMARTS) is 1. The van der Waals surface area contributed by atoms with Crippen molar-refractivity contribution >= 4 is 34.6 Å². The van der Waals surface area contributed by atoms with Gasteiger partial charge >= 0.3 is 5.97 Å². The van der Waals surface area contributed by atoms with E-state index in [2.05, 4.69) is 4.98 Å². The molecule has 5 nitrogen and oxygen atoms in total. The molecule has 0 spiro atoms. The minimum absolute atomic E-state index is 0.279. The van der Waals surface area contributed by atoms with Gasteiger partial charge in [0, 0.05) is 23.7 Å². The van der Waals surface area contributed by atoms with E-state index in [1.54, 1.807) is 22.9 Å². The number of aliphatic carboxylic acids is 1. The fourth-order valence-electron chi connectivity index (χ4n) is 2.48. The lowest BCUT2D eigenvalue weighted by Gasteiger charge is -2.23. The van der Waals surface area contributed by atoms with Crippen molar-refractivity contribution in [2.24, 2.45) is 0 Å². The van der Waals surface area contributed by atoms with Gasteiger partial charge in [-0.25, -0.2) is 9.78 Å². The van der Waals surface area contributed by atoms with Crippen molar-refractivity contribution in [2.45, 2.75) is 12.5 Å². The average molecular weight is 372 g/mol. The first-order chi connectivity index (χ1) is 12.1. The Kier molecular flexibility index (Phi) is 5.25. The van der Waals surface area contributed by atoms with Crippen molar-refractivity contribution in [3.8, 4) is 0 Å². The van der Waals surface area contributed by atoms with Gasteiger partial charge in [-0.1, -0.05) is 36.4 Å². The Balaban J connectivity index is 1.77. The van der Waals surface area contributed by atoms with Crippen molar-refractivity contribution in [3.05, 3.63) is 74.4 Å². The summed E-state index contributed by atoms with van der Waals surface area (Å²) in [6.45, 7) is 0. The van der Waals surface area contributed by atoms with Gasteiger partial charge in [-0.2, -0.15) is 0 Å². The maximum Gasteiger partial charge on any atom is 0.331 e. The third-order valence-corrected chi connectivity index (χ3v) is 5.50. The van der Waals surface area contributed by atoms with Gasteiger partial charge < -0.3 is 10.0 Å². The first-order valence-corrected chi connectivity index (χ1v) is 9.34. The standard InChI is InChI=1S/C18H16N2O3S2/c1-20(16(18(22)23)14-8-5-9-24-14)17(21)13-11-25-15(19-13)10-12-6-3-2-4-7-12/h2-9,11,16H,10H2,1H3,(H,22,23)/t16-/m0/s1. The van der Waals surface area contributed by atoms with Crippen molar-refractivity contribution in [1.82, 2.24) is 9.88 Å². The minimum atomic E-state index is -1.06. The molecule has 0 aliphatic carbocycles. The highest BCUT2D eigenvalue weighted by atomic mass is 32.1. The lowest BCUT2D eigenvalue weighted by molar-refractivity contribution is -0.142. The molecule has 25 heavy (non-hydrogen) atoms. The number of carbonyl (C=O) groups excluding carboxylic acids is 1. The number of amides is 1. The summed E-state index contributed by atoms with van der Waals surface area (Å²) in [5.74, 6) is -1.45. The Morgan fingerprint density at radius 3 is 2.56 bits per heavy atom. The Bertz CT molecular complexity index is 860. The molecule has 1 atom stereocenters. The Morgan fingerprint density at radius 2 is 1.92 bits per heavy atom. The number of rotatable bonds is 6. The van der Waals surface area contributed by atoms with Gasteiger partial charge in [0.15, 0.2) is 6.04 Å². The number of thiophene rings is 1. The molecule has 1 aromatic carbocycles. The number of benzene rings is 1. The molecule has 2 aromatic heterocycles. The van der Waals surface area contributed by atoms with Crippen LogP contribution in [0.1, 0.15) is 32.0 Å². The molecular formula is C18H16N2O3S2. The molecule has 1 amide bonds. The fourth-order valence-corrected chi connectivity index (χ4v) is 4.15. The second-order valence-corrected chi connectivity index (χ2v) is 7.38. The lowest BCUT2D eigenvalue weighted by Crippen LogP contribution is -2.35. The van der Waals surface area contributed by atoms with E-state index >= 15 is 0 Å². The van der Waals surface area contributed by atoms with Crippen LogP contribution in [0.25, 0.3) is 0 Å². The summed E-state index contributed by atoms with van der Waals surface area (Å²) in [6.07, 6.45) is 0.649. The van der Waals surface area contributed by atoms with Gasteiger partial charge in [-0.05, 0) is 17.0 Å². The SMILES string of the molecule is CN(C(=O)c1csc(Cc2ccccc2)n1)[C@H](C(=O)O)c1cccs1. The van der Waals surface area contributed by atoms with E-state index < -0.39 is 17.9 Å². The van der Waals surface area contributed by atoms with Gasteiger partial charge in [0.05, 0.1) is 5.01 Å². The Hall–Kier alpha value is -2.51. The van der Waals surface area contributed by atoms with E-state index in [4.69, 9.17) is 0 Å². The van der Waals surface area contributed by atoms with E-state index in [0.717, 1.165) is 10.6 Å². The van der Waals surface area contributed by atoms with E-state index in [-0.39, 0.29) is 5.69 Å². The van der Waals surface area contributed by atoms with Gasteiger partial charge in [-0.3, -0.25) is 4.79 Å². The largest absolute Gasteiger partial charge is 0.479 e. The van der Waals surface area contributed by atoms with Crippen LogP contribution in [0.2, 0.25) is 0 Å². The summed E-state index contributed by atoms with van der Waals surface area (Å²) < 4.78 is 0. The molecule has 0 aliphatic rings. The molecule has 3 rings (SSSR count). The molecule has 0 saturated heterocycles. The monoisotopic (exact) mass is 372 g/mol. The molecule has 0 radical (unpaired) electrons. The summed E-state index contributed by atoms with van der Waals surface area (Å²) in [7, 11) is 1.50. The molecule has 0 aliphatic heterocycles. The number of hydrogen-bond acceptors (Lipinski definition) is 5. The highest BCUT2D eigenvalue weighted by Crippen LogP contribution is 2.26. The van der Waals surface area contributed by atoms with Crippen LogP contribution in [0.3, 0.4) is 0 Å². The number of aromatic nitrogens is 1. The van der Waals surface area contributed by atoms with Crippen LogP contribution in [0, 0.1) is 0 Å². The fraction of sp³-hybridized carbons (Fsp3) is 0.167. The Morgan fingerprint density at radius 1 is 1.16 bits per heavy atom. The number of hydrogen-bond donors (Lipinski definition) is 1. The first-order valence-electron chi connectivity index (χ1n) is 7.58. The predicted octanol–water partition coefficient (Wildman–Crippen LogP) is 3.69. The zero-order valence-electron chi connectivity index (χ0n) is 13.5. The second kappa shape index (κ2) is 7.58. The molecule has 7 heteroatoms. The van der Waals surface area contributed by atoms with Crippen LogP contribution in [0.15, 0.2) is 53.2 Å². The molecule has 1 N–H and O–H groups in total. The van der Waals surface area contributed by atoms with Crippen LogP contribution >= 0.6 is 22.7 Å². The summed E-state index contributed by atoms with van der Waals surface area (Å²) in [4.78, 5) is 30.5. The van der Waals surface area contributed by atoms with E-state index in [1.165, 1.54) is 34.6 Å². The van der Waals surface area contributed by atoms with Crippen LogP contribution < -0.4 is 0 Å². The molecule has 0 fully saturated rings. The van der Waals surface area contributed by atoms with Crippen LogP contribution in [-0.4, -0.2) is 33.9 Å². The number of carbonyl (C=O) groups is 2. The number of nitrogens with zero attached hydrogens (tertiary/aromatic N) is 2. The van der Waals surface area contributed by atoms with E-state index in [9.17, 15) is 14.7 Å². The number of carboxylic acids is 1. The van der Waals surface area contributed by atoms with Gasteiger partial charge in [0.2, 0.25) is 0 Å². The van der Waals surface area contributed by atoms with Gasteiger partial charge in [-0.15, -0.1) is 22.7 Å². The lowest BCUT2D eigenvalue weighted by atomic mass is 10.2. The maximum atomic E-state index is 12.7. The molecule has 2 heterocycles. The molecule has 0 bridgehead atoms. The van der Waals surface area contributed by atoms with Gasteiger partial charge in [0.1, 0.15) is 5.69 Å². The van der Waals surface area contributed by atoms with Crippen molar-refractivity contribution in [3.63, 3.8) is 0 Å². The Labute approximate surface area is 153 Å². The molecular weight excluding hydrogens is 356 g/mol. The summed E-state index contributed by atoms with van der Waals surface area (Å²) in [5, 5.41) is 13.8. The summed E-state index contributed by atoms with van der Waals surface area (Å²) in [6, 6.07) is 12.4. The first kappa shape index (κ1) is 17.3. The molecule has 0 unspecified atom stereocenters. The topological polar surface area (TPSA) is 70.5 Å². The van der Waals surface area contributed by atoms with Gasteiger partial charge in [0.25, 0.3) is 5.91 Å². The normalized spacial score (nSPS) is 11.9. The van der Waals surface area contributed by atoms with E-state index in [0.29, 0.717) is 11.3 Å². The highest BCUT2D eigenvalue weighted by Gasteiger charge is 2.30. The van der Waals surface area contributed by atoms with Crippen molar-refractivity contribution < 1.29 is 14.7 Å². The second-order valence-electron chi connectivity index (χ2n) is 5.46. The smallest absolute Gasteiger partial charge is 0.331 e. The quantitative estimate of drug-likeness (QED) is 0.716. The summed E-state index contributed by atoms with van der Waals surface area (Å²) >= 11 is 2.72. The molecule has 3 aromatic rings. The minimum Gasteiger partial charge on any atom is -0.479 e. The third kappa shape index (κ3) is 3.94. The van der Waals surface area contributed by atoms with E-state index in [1.807, 2.05) is 30.3 Å². The van der Waals surface area contributed by atoms with Crippen LogP contribution in [0.5, 0.6) is 0 Å². The predicted molar refractivity (Wildman–Crippen MR) is 98.2 cm³/mol. The van der Waals surface area contributed by atoms with Crippen molar-refractivity contribution in [1.29, 1.82) is 0 Å². The van der Waals surface area contributed by atoms with Crippen molar-refractivity contribution in [2.75, 3.05) is 7.05 Å². The maximum absolute atomic E-state index is 12.7. The zero-order chi connectivity index (χ0) is 17.8.